The van der Waals surface area contributed by atoms with Crippen LogP contribution in [0.3, 0.4) is 0 Å². The minimum absolute atomic E-state index is 0.0166. The molecule has 2 heterocycles. The van der Waals surface area contributed by atoms with E-state index in [-0.39, 0.29) is 16.4 Å². The summed E-state index contributed by atoms with van der Waals surface area (Å²) in [5, 5.41) is 6.31. The van der Waals surface area contributed by atoms with Gasteiger partial charge in [0.2, 0.25) is 10.0 Å². The number of ether oxygens (including phenoxy) is 1. The number of primary sulfonamides is 1. The summed E-state index contributed by atoms with van der Waals surface area (Å²) in [4.78, 5) is 2.27. The van der Waals surface area contributed by atoms with E-state index in [9.17, 15) is 8.42 Å². The van der Waals surface area contributed by atoms with E-state index in [4.69, 9.17) is 19.1 Å². The molecule has 0 aliphatic carbocycles. The zero-order valence-corrected chi connectivity index (χ0v) is 23.7. The summed E-state index contributed by atoms with van der Waals surface area (Å²) in [6, 6.07) is 24.9. The Bertz CT molecular complexity index is 1500. The minimum Gasteiger partial charge on any atom is -0.376 e. The molecule has 2 atom stereocenters. The molecule has 2 aliphatic rings. The number of rotatable bonds is 7. The number of likely N-dealkylation sites (N-methyl/N-ethyl adjacent to an activating group) is 1. The monoisotopic (exact) mass is 551 g/mol. The van der Waals surface area contributed by atoms with Gasteiger partial charge in [0.25, 0.3) is 0 Å². The van der Waals surface area contributed by atoms with Gasteiger partial charge in [-0.2, -0.15) is 0 Å². The molecule has 2 N–H and O–H groups in total. The maximum atomic E-state index is 11.8. The van der Waals surface area contributed by atoms with Crippen LogP contribution in [0.5, 0.6) is 0 Å². The summed E-state index contributed by atoms with van der Waals surface area (Å²) in [6.45, 7) is 5.61. The number of hydrogen-bond acceptors (Lipinski definition) is 6. The molecule has 2 unspecified atom stereocenters. The Morgan fingerprint density at radius 2 is 1.76 bits per heavy atom. The molecule has 3 aromatic carbocycles. The molecule has 200 valence electrons. The lowest BCUT2D eigenvalue weighted by atomic mass is 9.84. The fourth-order valence-corrected chi connectivity index (χ4v) is 8.60. The summed E-state index contributed by atoms with van der Waals surface area (Å²) in [7, 11) is -4.54. The Labute approximate surface area is 225 Å². The first kappa shape index (κ1) is 26.9. The summed E-state index contributed by atoms with van der Waals surface area (Å²) < 4.78 is 41.7. The van der Waals surface area contributed by atoms with Crippen molar-refractivity contribution in [3.05, 3.63) is 95.9 Å². The molecule has 0 aromatic heterocycles. The van der Waals surface area contributed by atoms with Gasteiger partial charge >= 0.3 is 0 Å². The molecule has 9 heteroatoms. The number of fused-ring (bicyclic) bond motifs is 1. The third-order valence-electron chi connectivity index (χ3n) is 7.27. The predicted molar refractivity (Wildman–Crippen MR) is 154 cm³/mol. The molecule has 0 radical (unpaired) electrons. The number of hydrogen-bond donors (Lipinski definition) is 1. The zero-order chi connectivity index (χ0) is 27.0. The molecule has 7 nitrogen and oxygen atoms in total. The maximum absolute atomic E-state index is 11.8. The summed E-state index contributed by atoms with van der Waals surface area (Å²) in [6.07, 6.45) is 1.98. The van der Waals surface area contributed by atoms with Crippen molar-refractivity contribution in [3.63, 3.8) is 0 Å². The molecule has 1 fully saturated rings. The minimum atomic E-state index is -3.81. The van der Waals surface area contributed by atoms with Crippen LogP contribution in [0.25, 0.3) is 0 Å². The number of anilines is 1. The largest absolute Gasteiger partial charge is 0.376 e. The van der Waals surface area contributed by atoms with Crippen molar-refractivity contribution in [2.24, 2.45) is 9.88 Å². The number of nitrogens with two attached hydrogens (primary N) is 1. The quantitative estimate of drug-likeness (QED) is 0.371. The van der Waals surface area contributed by atoms with E-state index >= 15 is 0 Å². The first-order valence-corrected chi connectivity index (χ1v) is 16.0. The van der Waals surface area contributed by atoms with Crippen molar-refractivity contribution in [1.29, 1.82) is 0 Å². The average Bonchev–Trinajstić information content (AvgIpc) is 3.49. The van der Waals surface area contributed by atoms with Crippen LogP contribution in [0, 0.1) is 0 Å². The predicted octanol–water partition coefficient (Wildman–Crippen LogP) is 5.87. The van der Waals surface area contributed by atoms with Gasteiger partial charge in [0.05, 0.1) is 23.3 Å². The molecule has 1 saturated heterocycles. The molecular formula is C29H34N3O4PS. The number of para-hydroxylation sites is 1. The van der Waals surface area contributed by atoms with E-state index in [0.717, 1.165) is 36.1 Å². The summed E-state index contributed by atoms with van der Waals surface area (Å²) in [5.74, 6) is 2.21. The van der Waals surface area contributed by atoms with Crippen molar-refractivity contribution >= 4 is 34.0 Å². The topological polar surface area (TPSA) is 94.2 Å². The van der Waals surface area contributed by atoms with Gasteiger partial charge < -0.3 is 14.2 Å². The van der Waals surface area contributed by atoms with Crippen LogP contribution in [-0.4, -0.2) is 34.8 Å². The van der Waals surface area contributed by atoms with Gasteiger partial charge in [-0.25, -0.2) is 18.3 Å². The third-order valence-corrected chi connectivity index (χ3v) is 10.9. The van der Waals surface area contributed by atoms with E-state index in [1.165, 1.54) is 17.7 Å². The van der Waals surface area contributed by atoms with Crippen LogP contribution in [0.15, 0.2) is 100 Å². The van der Waals surface area contributed by atoms with E-state index in [1.807, 2.05) is 18.2 Å². The lowest BCUT2D eigenvalue weighted by Gasteiger charge is -2.30. The molecule has 0 spiro atoms. The molecule has 0 saturated carbocycles. The van der Waals surface area contributed by atoms with Gasteiger partial charge in [-0.05, 0) is 48.7 Å². The van der Waals surface area contributed by atoms with E-state index in [0.29, 0.717) is 12.3 Å². The van der Waals surface area contributed by atoms with Crippen LogP contribution >= 0.6 is 7.28 Å². The molecule has 5 rings (SSSR count). The SMILES string of the molecule is CN1C(=CP(=Nc2ccc(S(N)(=O)=O)cc2)(OCC2CCCO2)c2ccccc2)C(C)(C)c2ccccc21. The van der Waals surface area contributed by atoms with Crippen molar-refractivity contribution in [2.75, 3.05) is 25.2 Å². The normalized spacial score (nSPS) is 21.3. The highest BCUT2D eigenvalue weighted by atomic mass is 32.2. The molecule has 2 aliphatic heterocycles. The van der Waals surface area contributed by atoms with Gasteiger partial charge in [-0.3, -0.25) is 0 Å². The smallest absolute Gasteiger partial charge is 0.238 e. The Kier molecular flexibility index (Phi) is 7.37. The van der Waals surface area contributed by atoms with Gasteiger partial charge in [0.15, 0.2) is 0 Å². The second-order valence-corrected chi connectivity index (χ2v) is 14.3. The Balaban J connectivity index is 1.72. The Morgan fingerprint density at radius 3 is 2.39 bits per heavy atom. The lowest BCUT2D eigenvalue weighted by Crippen LogP contribution is -2.24. The van der Waals surface area contributed by atoms with E-state index in [2.05, 4.69) is 68.0 Å². The standard InChI is InChI=1S/C29H34N3O4PS/c1-29(2)26-13-7-8-14-27(26)32(3)28(29)21-37(24-11-5-4-6-12-24,36-20-23-10-9-19-35-23)31-22-15-17-25(18-16-22)38(30,33)34/h4-8,11-18,21,23H,9-10,19-20H2,1-3H3,(H2,30,33,34). The van der Waals surface area contributed by atoms with Crippen LogP contribution in [0.2, 0.25) is 0 Å². The Hall–Kier alpha value is -2.74. The van der Waals surface area contributed by atoms with Gasteiger partial charge in [-0.1, -0.05) is 62.4 Å². The number of allylic oxidation sites excluding steroid dienone is 1. The van der Waals surface area contributed by atoms with Crippen molar-refractivity contribution in [2.45, 2.75) is 43.1 Å². The fraction of sp³-hybridized carbons (Fsp3) is 0.310. The molecule has 38 heavy (non-hydrogen) atoms. The molecule has 0 bridgehead atoms. The van der Waals surface area contributed by atoms with Crippen molar-refractivity contribution in [3.8, 4) is 0 Å². The van der Waals surface area contributed by atoms with E-state index < -0.39 is 17.3 Å². The number of nitrogens with zero attached hydrogens (tertiary/aromatic N) is 2. The van der Waals surface area contributed by atoms with Crippen LogP contribution < -0.4 is 15.3 Å². The fourth-order valence-electron chi connectivity index (χ4n) is 5.19. The average molecular weight is 552 g/mol. The summed E-state index contributed by atoms with van der Waals surface area (Å²) >= 11 is 0. The zero-order valence-electron chi connectivity index (χ0n) is 21.9. The van der Waals surface area contributed by atoms with Crippen LogP contribution in [0.4, 0.5) is 11.4 Å². The first-order valence-electron chi connectivity index (χ1n) is 12.7. The molecule has 0 amide bonds. The summed E-state index contributed by atoms with van der Waals surface area (Å²) in [5.41, 5.74) is 3.86. The van der Waals surface area contributed by atoms with Gasteiger partial charge in [-0.15, -0.1) is 0 Å². The number of sulfonamides is 1. The molecular weight excluding hydrogens is 517 g/mol. The van der Waals surface area contributed by atoms with Crippen LogP contribution in [0.1, 0.15) is 32.3 Å². The van der Waals surface area contributed by atoms with E-state index in [1.54, 1.807) is 12.1 Å². The number of benzene rings is 3. The third kappa shape index (κ3) is 5.24. The second-order valence-electron chi connectivity index (χ2n) is 10.2. The second kappa shape index (κ2) is 10.4. The first-order chi connectivity index (χ1) is 18.1. The highest BCUT2D eigenvalue weighted by Crippen LogP contribution is 2.58. The van der Waals surface area contributed by atoms with Gasteiger partial charge in [0, 0.05) is 41.6 Å². The molecule has 3 aromatic rings. The lowest BCUT2D eigenvalue weighted by molar-refractivity contribution is 0.0723. The van der Waals surface area contributed by atoms with Crippen molar-refractivity contribution in [1.82, 2.24) is 0 Å². The highest BCUT2D eigenvalue weighted by molar-refractivity contribution is 7.89. The Morgan fingerprint density at radius 1 is 1.08 bits per heavy atom. The van der Waals surface area contributed by atoms with Crippen molar-refractivity contribution < 1.29 is 17.7 Å². The highest BCUT2D eigenvalue weighted by Gasteiger charge is 2.40. The van der Waals surface area contributed by atoms with Gasteiger partial charge in [0.1, 0.15) is 7.28 Å². The maximum Gasteiger partial charge on any atom is 0.238 e. The van der Waals surface area contributed by atoms with Crippen LogP contribution in [-0.2, 0) is 24.7 Å².